The van der Waals surface area contributed by atoms with Crippen LogP contribution in [0.25, 0.3) is 0 Å². The molecule has 0 spiro atoms. The Bertz CT molecular complexity index is 229. The third kappa shape index (κ3) is 1.98. The van der Waals surface area contributed by atoms with Crippen LogP contribution >= 0.6 is 0 Å². The Hall–Kier alpha value is -1.10. The lowest BCUT2D eigenvalue weighted by Gasteiger charge is -2.33. The van der Waals surface area contributed by atoms with Crippen LogP contribution in [0.1, 0.15) is 13.8 Å². The molecule has 0 bridgehead atoms. The van der Waals surface area contributed by atoms with Crippen LogP contribution in [0.4, 0.5) is 0 Å². The van der Waals surface area contributed by atoms with Crippen LogP contribution in [0, 0.1) is 0 Å². The number of hydrogen-bond acceptors (Lipinski definition) is 3. The van der Waals surface area contributed by atoms with Crippen molar-refractivity contribution in [1.29, 1.82) is 0 Å². The summed E-state index contributed by atoms with van der Waals surface area (Å²) in [4.78, 5) is 23.5. The van der Waals surface area contributed by atoms with Crippen molar-refractivity contribution < 1.29 is 14.7 Å². The number of nitrogens with zero attached hydrogens (tertiary/aromatic N) is 1. The SMILES string of the molecule is CC1NCCN(C(C)C(=O)O)C1=O. The summed E-state index contributed by atoms with van der Waals surface area (Å²) < 4.78 is 0. The molecule has 0 aromatic carbocycles. The molecule has 13 heavy (non-hydrogen) atoms. The molecule has 1 aliphatic rings. The average molecular weight is 186 g/mol. The Balaban J connectivity index is 2.68. The van der Waals surface area contributed by atoms with Gasteiger partial charge < -0.3 is 15.3 Å². The van der Waals surface area contributed by atoms with Gasteiger partial charge in [-0.3, -0.25) is 4.79 Å². The minimum absolute atomic E-state index is 0.138. The fraction of sp³-hybridized carbons (Fsp3) is 0.750. The molecule has 1 fully saturated rings. The van der Waals surface area contributed by atoms with Crippen molar-refractivity contribution in [2.75, 3.05) is 13.1 Å². The number of piperazine rings is 1. The van der Waals surface area contributed by atoms with E-state index in [-0.39, 0.29) is 11.9 Å². The molecular formula is C8H14N2O3. The van der Waals surface area contributed by atoms with Crippen molar-refractivity contribution in [3.05, 3.63) is 0 Å². The molecule has 2 unspecified atom stereocenters. The molecule has 2 atom stereocenters. The van der Waals surface area contributed by atoms with Crippen LogP contribution in [0.15, 0.2) is 0 Å². The van der Waals surface area contributed by atoms with E-state index in [4.69, 9.17) is 5.11 Å². The average Bonchev–Trinajstić information content (AvgIpc) is 2.08. The summed E-state index contributed by atoms with van der Waals surface area (Å²) in [6.45, 7) is 4.39. The molecule has 0 aliphatic carbocycles. The van der Waals surface area contributed by atoms with Crippen LogP contribution in [0.3, 0.4) is 0 Å². The Morgan fingerprint density at radius 2 is 2.38 bits per heavy atom. The largest absolute Gasteiger partial charge is 0.480 e. The lowest BCUT2D eigenvalue weighted by molar-refractivity contribution is -0.151. The maximum atomic E-state index is 11.5. The highest BCUT2D eigenvalue weighted by Crippen LogP contribution is 2.06. The summed E-state index contributed by atoms with van der Waals surface area (Å²) in [6, 6.07) is -0.993. The van der Waals surface area contributed by atoms with Gasteiger partial charge in [0.15, 0.2) is 0 Å². The molecule has 0 aromatic heterocycles. The van der Waals surface area contributed by atoms with Crippen molar-refractivity contribution in [2.24, 2.45) is 0 Å². The van der Waals surface area contributed by atoms with Gasteiger partial charge in [0.2, 0.25) is 5.91 Å². The summed E-state index contributed by atoms with van der Waals surface area (Å²) in [6.07, 6.45) is 0. The van der Waals surface area contributed by atoms with Gasteiger partial charge in [0.05, 0.1) is 6.04 Å². The molecule has 0 aromatic rings. The van der Waals surface area contributed by atoms with E-state index < -0.39 is 12.0 Å². The summed E-state index contributed by atoms with van der Waals surface area (Å²) in [5.41, 5.74) is 0. The molecule has 1 saturated heterocycles. The van der Waals surface area contributed by atoms with Crippen LogP contribution in [0.5, 0.6) is 0 Å². The molecule has 2 N–H and O–H groups in total. The molecule has 5 heteroatoms. The minimum atomic E-state index is -0.956. The quantitative estimate of drug-likeness (QED) is 0.597. The number of nitrogens with one attached hydrogen (secondary N) is 1. The lowest BCUT2D eigenvalue weighted by atomic mass is 10.1. The molecule has 0 radical (unpaired) electrons. The molecule has 0 saturated carbocycles. The monoisotopic (exact) mass is 186 g/mol. The first-order valence-electron chi connectivity index (χ1n) is 4.30. The summed E-state index contributed by atoms with van der Waals surface area (Å²) in [5.74, 6) is -1.09. The Morgan fingerprint density at radius 1 is 1.77 bits per heavy atom. The number of amides is 1. The van der Waals surface area contributed by atoms with E-state index >= 15 is 0 Å². The third-order valence-corrected chi connectivity index (χ3v) is 2.28. The minimum Gasteiger partial charge on any atom is -0.480 e. The first kappa shape index (κ1) is 9.98. The fourth-order valence-corrected chi connectivity index (χ4v) is 1.37. The van der Waals surface area contributed by atoms with Crippen molar-refractivity contribution >= 4 is 11.9 Å². The maximum Gasteiger partial charge on any atom is 0.326 e. The predicted molar refractivity (Wildman–Crippen MR) is 46.3 cm³/mol. The Labute approximate surface area is 76.7 Å². The van der Waals surface area contributed by atoms with Crippen molar-refractivity contribution in [3.8, 4) is 0 Å². The Morgan fingerprint density at radius 3 is 2.92 bits per heavy atom. The third-order valence-electron chi connectivity index (χ3n) is 2.28. The van der Waals surface area contributed by atoms with Crippen molar-refractivity contribution in [2.45, 2.75) is 25.9 Å². The van der Waals surface area contributed by atoms with E-state index in [2.05, 4.69) is 5.32 Å². The first-order valence-corrected chi connectivity index (χ1v) is 4.30. The van der Waals surface area contributed by atoms with Gasteiger partial charge in [-0.15, -0.1) is 0 Å². The summed E-state index contributed by atoms with van der Waals surface area (Å²) in [5, 5.41) is 11.7. The predicted octanol–water partition coefficient (Wildman–Crippen LogP) is -0.720. The van der Waals surface area contributed by atoms with Gasteiger partial charge in [0.1, 0.15) is 6.04 Å². The van der Waals surface area contributed by atoms with Gasteiger partial charge in [-0.25, -0.2) is 4.79 Å². The first-order chi connectivity index (χ1) is 6.04. The van der Waals surface area contributed by atoms with E-state index in [0.717, 1.165) is 0 Å². The number of aliphatic carboxylic acids is 1. The van der Waals surface area contributed by atoms with E-state index in [1.54, 1.807) is 6.92 Å². The molecule has 1 amide bonds. The molecule has 5 nitrogen and oxygen atoms in total. The molecular weight excluding hydrogens is 172 g/mol. The highest BCUT2D eigenvalue weighted by molar-refractivity contribution is 5.87. The standard InChI is InChI=1S/C8H14N2O3/c1-5-7(11)10(4-3-9-5)6(2)8(12)13/h5-6,9H,3-4H2,1-2H3,(H,12,13). The van der Waals surface area contributed by atoms with Gasteiger partial charge in [0.25, 0.3) is 0 Å². The van der Waals surface area contributed by atoms with E-state index in [0.29, 0.717) is 13.1 Å². The topological polar surface area (TPSA) is 69.6 Å². The number of carbonyl (C=O) groups excluding carboxylic acids is 1. The summed E-state index contributed by atoms with van der Waals surface area (Å²) >= 11 is 0. The lowest BCUT2D eigenvalue weighted by Crippen LogP contribution is -2.57. The highest BCUT2D eigenvalue weighted by Gasteiger charge is 2.31. The maximum absolute atomic E-state index is 11.5. The normalized spacial score (nSPS) is 25.8. The molecule has 1 heterocycles. The second-order valence-corrected chi connectivity index (χ2v) is 3.22. The van der Waals surface area contributed by atoms with Crippen LogP contribution in [-0.2, 0) is 9.59 Å². The molecule has 74 valence electrons. The van der Waals surface area contributed by atoms with Crippen molar-refractivity contribution in [3.63, 3.8) is 0 Å². The smallest absolute Gasteiger partial charge is 0.326 e. The fourth-order valence-electron chi connectivity index (χ4n) is 1.37. The number of rotatable bonds is 2. The van der Waals surface area contributed by atoms with E-state index in [9.17, 15) is 9.59 Å². The Kier molecular flexibility index (Phi) is 2.87. The van der Waals surface area contributed by atoms with Crippen LogP contribution in [-0.4, -0.2) is 47.1 Å². The summed E-state index contributed by atoms with van der Waals surface area (Å²) in [7, 11) is 0. The number of hydrogen-bond donors (Lipinski definition) is 2. The van der Waals surface area contributed by atoms with Crippen LogP contribution < -0.4 is 5.32 Å². The van der Waals surface area contributed by atoms with Gasteiger partial charge >= 0.3 is 5.97 Å². The molecule has 1 aliphatic heterocycles. The highest BCUT2D eigenvalue weighted by atomic mass is 16.4. The van der Waals surface area contributed by atoms with Crippen LogP contribution in [0.2, 0.25) is 0 Å². The molecule has 1 rings (SSSR count). The van der Waals surface area contributed by atoms with Gasteiger partial charge in [0, 0.05) is 13.1 Å². The van der Waals surface area contributed by atoms with E-state index in [1.807, 2.05) is 0 Å². The zero-order valence-electron chi connectivity index (χ0n) is 7.78. The van der Waals surface area contributed by atoms with Gasteiger partial charge in [-0.1, -0.05) is 0 Å². The second kappa shape index (κ2) is 3.74. The number of carbonyl (C=O) groups is 2. The zero-order chi connectivity index (χ0) is 10.0. The van der Waals surface area contributed by atoms with E-state index in [1.165, 1.54) is 11.8 Å². The number of carboxylic acids is 1. The van der Waals surface area contributed by atoms with Gasteiger partial charge in [-0.05, 0) is 13.8 Å². The second-order valence-electron chi connectivity index (χ2n) is 3.22. The van der Waals surface area contributed by atoms with Gasteiger partial charge in [-0.2, -0.15) is 0 Å². The zero-order valence-corrected chi connectivity index (χ0v) is 7.78. The number of carboxylic acid groups (broad SMARTS) is 1. The van der Waals surface area contributed by atoms with Crippen molar-refractivity contribution in [1.82, 2.24) is 10.2 Å².